The predicted molar refractivity (Wildman–Crippen MR) is 91.4 cm³/mol. The molecular formula is C17H26N6. The van der Waals surface area contributed by atoms with Crippen LogP contribution in [0.2, 0.25) is 0 Å². The van der Waals surface area contributed by atoms with Gasteiger partial charge in [0.15, 0.2) is 0 Å². The highest BCUT2D eigenvalue weighted by atomic mass is 15.3. The van der Waals surface area contributed by atoms with Crippen LogP contribution in [0.3, 0.4) is 0 Å². The number of hydrogen-bond acceptors (Lipinski definition) is 5. The molecule has 0 aromatic carbocycles. The summed E-state index contributed by atoms with van der Waals surface area (Å²) in [7, 11) is 4.14. The fourth-order valence-corrected chi connectivity index (χ4v) is 3.25. The molecular weight excluding hydrogens is 288 g/mol. The zero-order chi connectivity index (χ0) is 16.4. The molecule has 0 spiro atoms. The molecule has 1 saturated heterocycles. The molecule has 0 N–H and O–H groups in total. The third-order valence-corrected chi connectivity index (χ3v) is 4.73. The van der Waals surface area contributed by atoms with E-state index in [1.54, 1.807) is 6.33 Å². The fraction of sp³-hybridized carbons (Fsp3) is 0.588. The van der Waals surface area contributed by atoms with Crippen molar-refractivity contribution in [2.45, 2.75) is 39.3 Å². The third kappa shape index (κ3) is 3.69. The molecule has 0 amide bonds. The summed E-state index contributed by atoms with van der Waals surface area (Å²) in [4.78, 5) is 13.4. The molecule has 2 aromatic rings. The van der Waals surface area contributed by atoms with E-state index in [2.05, 4.69) is 51.0 Å². The lowest BCUT2D eigenvalue weighted by Crippen LogP contribution is -2.46. The summed E-state index contributed by atoms with van der Waals surface area (Å²) in [6, 6.07) is 4.73. The summed E-state index contributed by atoms with van der Waals surface area (Å²) in [5.74, 6) is 1.01. The Hall–Kier alpha value is -1.95. The Morgan fingerprint density at radius 1 is 1.26 bits per heavy atom. The van der Waals surface area contributed by atoms with Gasteiger partial charge in [0.05, 0.1) is 5.69 Å². The number of nitrogens with zero attached hydrogens (tertiary/aromatic N) is 6. The number of hydrogen-bond donors (Lipinski definition) is 0. The van der Waals surface area contributed by atoms with Crippen LogP contribution in [-0.4, -0.2) is 50.8 Å². The molecule has 0 bridgehead atoms. The second kappa shape index (κ2) is 6.66. The molecule has 124 valence electrons. The standard InChI is InChI=1S/C17H26N6/c1-13-8-17(19-12-18-13)21(3)16-6-5-7-23(11-16)10-15-9-14(2)22(4)20-15/h8-9,12,16H,5-7,10-11H2,1-4H3. The van der Waals surface area contributed by atoms with Crippen LogP contribution in [0.25, 0.3) is 0 Å². The van der Waals surface area contributed by atoms with Crippen LogP contribution in [0.4, 0.5) is 5.82 Å². The molecule has 6 nitrogen and oxygen atoms in total. The minimum absolute atomic E-state index is 0.489. The Morgan fingerprint density at radius 2 is 2.09 bits per heavy atom. The van der Waals surface area contributed by atoms with E-state index >= 15 is 0 Å². The molecule has 0 aliphatic carbocycles. The van der Waals surface area contributed by atoms with E-state index in [-0.39, 0.29) is 0 Å². The molecule has 0 saturated carbocycles. The van der Waals surface area contributed by atoms with Crippen LogP contribution >= 0.6 is 0 Å². The van der Waals surface area contributed by atoms with Gasteiger partial charge < -0.3 is 4.90 Å². The molecule has 23 heavy (non-hydrogen) atoms. The highest BCUT2D eigenvalue weighted by Gasteiger charge is 2.24. The Kier molecular flexibility index (Phi) is 4.61. The molecule has 1 aliphatic rings. The monoisotopic (exact) mass is 314 g/mol. The van der Waals surface area contributed by atoms with Crippen molar-refractivity contribution in [1.82, 2.24) is 24.6 Å². The normalized spacial score (nSPS) is 19.0. The van der Waals surface area contributed by atoms with Gasteiger partial charge in [-0.1, -0.05) is 0 Å². The predicted octanol–water partition coefficient (Wildman–Crippen LogP) is 1.93. The Balaban J connectivity index is 1.65. The van der Waals surface area contributed by atoms with Gasteiger partial charge in [0.1, 0.15) is 12.1 Å². The number of rotatable bonds is 4. The highest BCUT2D eigenvalue weighted by molar-refractivity contribution is 5.39. The van der Waals surface area contributed by atoms with E-state index in [9.17, 15) is 0 Å². The van der Waals surface area contributed by atoms with Crippen LogP contribution in [0, 0.1) is 13.8 Å². The van der Waals surface area contributed by atoms with E-state index in [0.717, 1.165) is 36.8 Å². The van der Waals surface area contributed by atoms with Crippen molar-refractivity contribution in [3.63, 3.8) is 0 Å². The number of anilines is 1. The van der Waals surface area contributed by atoms with Gasteiger partial charge in [0.25, 0.3) is 0 Å². The van der Waals surface area contributed by atoms with Gasteiger partial charge in [-0.05, 0) is 39.3 Å². The van der Waals surface area contributed by atoms with Crippen LogP contribution in [0.1, 0.15) is 29.9 Å². The van der Waals surface area contributed by atoms with E-state index in [0.29, 0.717) is 6.04 Å². The van der Waals surface area contributed by atoms with Crippen molar-refractivity contribution >= 4 is 5.82 Å². The first-order valence-electron chi connectivity index (χ1n) is 8.26. The van der Waals surface area contributed by atoms with Crippen LogP contribution < -0.4 is 4.90 Å². The minimum Gasteiger partial charge on any atom is -0.355 e. The van der Waals surface area contributed by atoms with Crippen LogP contribution in [-0.2, 0) is 13.6 Å². The molecule has 3 heterocycles. The summed E-state index contributed by atoms with van der Waals surface area (Å²) in [6.45, 7) is 7.23. The van der Waals surface area contributed by atoms with Crippen LogP contribution in [0.15, 0.2) is 18.5 Å². The highest BCUT2D eigenvalue weighted by Crippen LogP contribution is 2.21. The molecule has 1 unspecified atom stereocenters. The van der Waals surface area contributed by atoms with Crippen molar-refractivity contribution in [2.75, 3.05) is 25.0 Å². The first kappa shape index (κ1) is 15.9. The first-order chi connectivity index (χ1) is 11.0. The van der Waals surface area contributed by atoms with Crippen molar-refractivity contribution in [3.05, 3.63) is 35.5 Å². The summed E-state index contributed by atoms with van der Waals surface area (Å²) in [5.41, 5.74) is 3.38. The first-order valence-corrected chi connectivity index (χ1v) is 8.26. The van der Waals surface area contributed by atoms with E-state index in [1.165, 1.54) is 18.5 Å². The molecule has 2 aromatic heterocycles. The quantitative estimate of drug-likeness (QED) is 0.863. The zero-order valence-corrected chi connectivity index (χ0v) is 14.5. The molecule has 0 radical (unpaired) electrons. The van der Waals surface area contributed by atoms with Crippen molar-refractivity contribution in [2.24, 2.45) is 7.05 Å². The maximum Gasteiger partial charge on any atom is 0.132 e. The molecule has 1 fully saturated rings. The Labute approximate surface area is 138 Å². The van der Waals surface area contributed by atoms with Gasteiger partial charge in [-0.15, -0.1) is 0 Å². The fourth-order valence-electron chi connectivity index (χ4n) is 3.25. The van der Waals surface area contributed by atoms with E-state index < -0.39 is 0 Å². The lowest BCUT2D eigenvalue weighted by molar-refractivity contribution is 0.196. The minimum atomic E-state index is 0.489. The zero-order valence-electron chi connectivity index (χ0n) is 14.5. The van der Waals surface area contributed by atoms with Gasteiger partial charge in [-0.25, -0.2) is 9.97 Å². The number of likely N-dealkylation sites (N-methyl/N-ethyl adjacent to an activating group) is 1. The van der Waals surface area contributed by atoms with Gasteiger partial charge in [0, 0.05) is 50.7 Å². The second-order valence-corrected chi connectivity index (χ2v) is 6.56. The topological polar surface area (TPSA) is 50.1 Å². The average molecular weight is 314 g/mol. The Bertz CT molecular complexity index is 645. The maximum absolute atomic E-state index is 4.58. The molecule has 3 rings (SSSR count). The van der Waals surface area contributed by atoms with Crippen molar-refractivity contribution in [3.8, 4) is 0 Å². The summed E-state index contributed by atoms with van der Waals surface area (Å²) >= 11 is 0. The van der Waals surface area contributed by atoms with Gasteiger partial charge in [-0.3, -0.25) is 9.58 Å². The van der Waals surface area contributed by atoms with Crippen molar-refractivity contribution < 1.29 is 0 Å². The number of likely N-dealkylation sites (tertiary alicyclic amines) is 1. The summed E-state index contributed by atoms with van der Waals surface area (Å²) in [6.07, 6.45) is 4.07. The molecule has 1 atom stereocenters. The lowest BCUT2D eigenvalue weighted by Gasteiger charge is -2.37. The average Bonchev–Trinajstić information content (AvgIpc) is 2.84. The third-order valence-electron chi connectivity index (χ3n) is 4.73. The van der Waals surface area contributed by atoms with Gasteiger partial charge in [0.2, 0.25) is 0 Å². The number of aryl methyl sites for hydroxylation is 3. The van der Waals surface area contributed by atoms with E-state index in [1.807, 2.05) is 18.7 Å². The second-order valence-electron chi connectivity index (χ2n) is 6.56. The van der Waals surface area contributed by atoms with E-state index in [4.69, 9.17) is 0 Å². The molecule has 6 heteroatoms. The molecule has 1 aliphatic heterocycles. The summed E-state index contributed by atoms with van der Waals surface area (Å²) in [5, 5.41) is 4.58. The van der Waals surface area contributed by atoms with Gasteiger partial charge in [-0.2, -0.15) is 5.10 Å². The summed E-state index contributed by atoms with van der Waals surface area (Å²) < 4.78 is 1.95. The maximum atomic E-state index is 4.58. The SMILES string of the molecule is Cc1cc(N(C)C2CCCN(Cc3cc(C)n(C)n3)C2)ncn1. The van der Waals surface area contributed by atoms with Crippen LogP contribution in [0.5, 0.6) is 0 Å². The van der Waals surface area contributed by atoms with Crippen molar-refractivity contribution in [1.29, 1.82) is 0 Å². The smallest absolute Gasteiger partial charge is 0.132 e. The lowest BCUT2D eigenvalue weighted by atomic mass is 10.0. The number of aromatic nitrogens is 4. The Morgan fingerprint density at radius 3 is 2.78 bits per heavy atom. The largest absolute Gasteiger partial charge is 0.355 e. The van der Waals surface area contributed by atoms with Gasteiger partial charge >= 0.3 is 0 Å². The number of piperidine rings is 1.